The molecule has 0 atom stereocenters. The molecule has 2 nitrogen and oxygen atoms in total. The molecule has 0 aliphatic carbocycles. The molecule has 0 rings (SSSR count). The number of carbonyl (C=O) groups excluding carboxylic acids is 1. The molecule has 0 aliphatic heterocycles. The van der Waals surface area contributed by atoms with Crippen molar-refractivity contribution in [1.82, 2.24) is 0 Å². The number of amides is 1. The Morgan fingerprint density at radius 2 is 2.08 bits per heavy atom. The molecule has 0 aliphatic rings. The predicted octanol–water partition coefficient (Wildman–Crippen LogP) is 1.94. The van der Waals surface area contributed by atoms with E-state index in [4.69, 9.17) is 5.73 Å². The Balaban J connectivity index is 4.44. The third kappa shape index (κ3) is 3.76. The maximum Gasteiger partial charge on any atom is 0.244 e. The first-order chi connectivity index (χ1) is 5.61. The van der Waals surface area contributed by atoms with Crippen molar-refractivity contribution in [2.75, 3.05) is 0 Å². The Kier molecular flexibility index (Phi) is 4.77. The number of allylic oxidation sites excluding steroid dienone is 4. The Labute approximate surface area is 73.5 Å². The van der Waals surface area contributed by atoms with Gasteiger partial charge in [0.1, 0.15) is 0 Å². The van der Waals surface area contributed by atoms with E-state index in [1.165, 1.54) is 0 Å². The minimum absolute atomic E-state index is 0.384. The molecular formula is C10H15NO. The second-order valence-electron chi connectivity index (χ2n) is 2.51. The van der Waals surface area contributed by atoms with Crippen LogP contribution >= 0.6 is 0 Å². The number of hydrogen-bond acceptors (Lipinski definition) is 1. The molecule has 0 bridgehead atoms. The molecule has 0 radical (unpaired) electrons. The fourth-order valence-corrected chi connectivity index (χ4v) is 0.644. The van der Waals surface area contributed by atoms with Gasteiger partial charge in [-0.1, -0.05) is 31.7 Å². The van der Waals surface area contributed by atoms with Gasteiger partial charge in [-0.3, -0.25) is 4.79 Å². The zero-order chi connectivity index (χ0) is 9.56. The van der Waals surface area contributed by atoms with Crippen molar-refractivity contribution in [3.8, 4) is 0 Å². The van der Waals surface area contributed by atoms with Crippen LogP contribution in [0.1, 0.15) is 20.3 Å². The van der Waals surface area contributed by atoms with Crippen molar-refractivity contribution in [1.29, 1.82) is 0 Å². The molecular weight excluding hydrogens is 150 g/mol. The Morgan fingerprint density at radius 3 is 2.42 bits per heavy atom. The van der Waals surface area contributed by atoms with E-state index in [9.17, 15) is 4.79 Å². The monoisotopic (exact) mass is 165 g/mol. The third-order valence-electron chi connectivity index (χ3n) is 1.61. The average Bonchev–Trinajstić information content (AvgIpc) is 2.05. The second-order valence-corrected chi connectivity index (χ2v) is 2.51. The van der Waals surface area contributed by atoms with Crippen LogP contribution in [0.4, 0.5) is 0 Å². The highest BCUT2D eigenvalue weighted by Gasteiger charge is 1.93. The van der Waals surface area contributed by atoms with Gasteiger partial charge in [-0.15, -0.1) is 0 Å². The first kappa shape index (κ1) is 10.7. The minimum Gasteiger partial charge on any atom is -0.366 e. The number of nitrogens with two attached hydrogens (primary N) is 1. The van der Waals surface area contributed by atoms with Crippen molar-refractivity contribution >= 4 is 5.91 Å². The molecule has 0 fully saturated rings. The summed E-state index contributed by atoms with van der Waals surface area (Å²) < 4.78 is 0. The van der Waals surface area contributed by atoms with Gasteiger partial charge in [0.05, 0.1) is 0 Å². The number of primary amides is 1. The highest BCUT2D eigenvalue weighted by Crippen LogP contribution is 2.02. The first-order valence-corrected chi connectivity index (χ1v) is 3.91. The van der Waals surface area contributed by atoms with Gasteiger partial charge in [-0.25, -0.2) is 0 Å². The summed E-state index contributed by atoms with van der Waals surface area (Å²) in [5, 5.41) is 0. The number of hydrogen-bond donors (Lipinski definition) is 1. The fraction of sp³-hybridized carbons (Fsp3) is 0.300. The van der Waals surface area contributed by atoms with Gasteiger partial charge in [0.2, 0.25) is 5.91 Å². The largest absolute Gasteiger partial charge is 0.366 e. The highest BCUT2D eigenvalue weighted by molar-refractivity contribution is 5.91. The normalized spacial score (nSPS) is 12.8. The van der Waals surface area contributed by atoms with Gasteiger partial charge in [0.25, 0.3) is 0 Å². The van der Waals surface area contributed by atoms with E-state index in [1.54, 1.807) is 19.1 Å². The van der Waals surface area contributed by atoms with Gasteiger partial charge < -0.3 is 5.73 Å². The molecule has 1 amide bonds. The van der Waals surface area contributed by atoms with E-state index in [0.29, 0.717) is 5.57 Å². The molecule has 0 aromatic heterocycles. The smallest absolute Gasteiger partial charge is 0.244 e. The summed E-state index contributed by atoms with van der Waals surface area (Å²) in [5.41, 5.74) is 6.69. The molecule has 0 spiro atoms. The lowest BCUT2D eigenvalue weighted by Crippen LogP contribution is -2.11. The summed E-state index contributed by atoms with van der Waals surface area (Å²) >= 11 is 0. The van der Waals surface area contributed by atoms with Crippen molar-refractivity contribution in [3.63, 3.8) is 0 Å². The molecule has 0 saturated carbocycles. The molecule has 66 valence electrons. The molecule has 12 heavy (non-hydrogen) atoms. The molecule has 0 unspecified atom stereocenters. The topological polar surface area (TPSA) is 43.1 Å². The molecule has 2 N–H and O–H groups in total. The van der Waals surface area contributed by atoms with E-state index in [0.717, 1.165) is 12.0 Å². The van der Waals surface area contributed by atoms with Crippen LogP contribution in [0.3, 0.4) is 0 Å². The number of rotatable bonds is 4. The van der Waals surface area contributed by atoms with Crippen molar-refractivity contribution in [3.05, 3.63) is 36.0 Å². The van der Waals surface area contributed by atoms with Crippen molar-refractivity contribution in [2.24, 2.45) is 5.73 Å². The van der Waals surface area contributed by atoms with E-state index >= 15 is 0 Å². The standard InChI is InChI=1S/C10H15NO/c1-4-9(5-2)7-6-8(3)10(11)12/h4,6-7H,1,5H2,2-3H3,(H2,11,12)/b8-6+,9-7+. The van der Waals surface area contributed by atoms with Gasteiger partial charge in [0.15, 0.2) is 0 Å². The van der Waals surface area contributed by atoms with Crippen molar-refractivity contribution < 1.29 is 4.79 Å². The number of carbonyl (C=O) groups is 1. The Morgan fingerprint density at radius 1 is 1.50 bits per heavy atom. The van der Waals surface area contributed by atoms with Crippen LogP contribution in [0, 0.1) is 0 Å². The lowest BCUT2D eigenvalue weighted by Gasteiger charge is -1.93. The molecule has 0 saturated heterocycles. The van der Waals surface area contributed by atoms with E-state index in [2.05, 4.69) is 6.58 Å². The summed E-state index contributed by atoms with van der Waals surface area (Å²) in [7, 11) is 0. The average molecular weight is 165 g/mol. The first-order valence-electron chi connectivity index (χ1n) is 3.91. The van der Waals surface area contributed by atoms with E-state index in [-0.39, 0.29) is 5.91 Å². The van der Waals surface area contributed by atoms with Crippen LogP contribution in [0.2, 0.25) is 0 Å². The maximum absolute atomic E-state index is 10.6. The summed E-state index contributed by atoms with van der Waals surface area (Å²) in [6.45, 7) is 7.36. The van der Waals surface area contributed by atoms with E-state index in [1.807, 2.05) is 13.0 Å². The summed E-state index contributed by atoms with van der Waals surface area (Å²) in [6, 6.07) is 0. The second kappa shape index (κ2) is 5.35. The lowest BCUT2D eigenvalue weighted by atomic mass is 10.1. The zero-order valence-corrected chi connectivity index (χ0v) is 7.63. The SMILES string of the molecule is C=C/C(=C\C=C(/C)C(N)=O)CC. The molecule has 0 aromatic rings. The quantitative estimate of drug-likeness (QED) is 0.502. The minimum atomic E-state index is -0.384. The van der Waals surface area contributed by atoms with Crippen LogP contribution in [0.15, 0.2) is 36.0 Å². The van der Waals surface area contributed by atoms with Gasteiger partial charge in [-0.2, -0.15) is 0 Å². The van der Waals surface area contributed by atoms with E-state index < -0.39 is 0 Å². The summed E-state index contributed by atoms with van der Waals surface area (Å²) in [5.74, 6) is -0.384. The summed E-state index contributed by atoms with van der Waals surface area (Å²) in [4.78, 5) is 10.6. The Hall–Kier alpha value is -1.31. The van der Waals surface area contributed by atoms with Crippen LogP contribution in [0.25, 0.3) is 0 Å². The third-order valence-corrected chi connectivity index (χ3v) is 1.61. The lowest BCUT2D eigenvalue weighted by molar-refractivity contribution is -0.114. The fourth-order valence-electron chi connectivity index (χ4n) is 0.644. The molecule has 0 aromatic carbocycles. The van der Waals surface area contributed by atoms with Crippen LogP contribution in [-0.2, 0) is 4.79 Å². The van der Waals surface area contributed by atoms with Gasteiger partial charge in [-0.05, 0) is 18.9 Å². The van der Waals surface area contributed by atoms with Gasteiger partial charge >= 0.3 is 0 Å². The molecule has 2 heteroatoms. The maximum atomic E-state index is 10.6. The Bertz CT molecular complexity index is 230. The van der Waals surface area contributed by atoms with Crippen LogP contribution in [0.5, 0.6) is 0 Å². The zero-order valence-electron chi connectivity index (χ0n) is 7.63. The van der Waals surface area contributed by atoms with Crippen molar-refractivity contribution in [2.45, 2.75) is 20.3 Å². The van der Waals surface area contributed by atoms with Crippen LogP contribution < -0.4 is 5.73 Å². The van der Waals surface area contributed by atoms with Gasteiger partial charge in [0, 0.05) is 5.57 Å². The summed E-state index contributed by atoms with van der Waals surface area (Å²) in [6.07, 6.45) is 6.24. The van der Waals surface area contributed by atoms with Crippen LogP contribution in [-0.4, -0.2) is 5.91 Å². The predicted molar refractivity (Wildman–Crippen MR) is 51.5 cm³/mol. The highest BCUT2D eigenvalue weighted by atomic mass is 16.1. The molecule has 0 heterocycles.